The largest absolute Gasteiger partial charge is 0.295 e. The number of carbonyl (C=O) groups excluding carboxylic acids is 1. The second-order valence-corrected chi connectivity index (χ2v) is 3.72. The molecule has 1 aromatic carbocycles. The van der Waals surface area contributed by atoms with E-state index in [4.69, 9.17) is 0 Å². The molecule has 0 fully saturated rings. The maximum atomic E-state index is 11.3. The minimum Gasteiger partial charge on any atom is -0.295 e. The lowest BCUT2D eigenvalue weighted by Gasteiger charge is -2.04. The number of rotatable bonds is 2. The maximum absolute atomic E-state index is 11.3. The number of hydrogen-bond donors (Lipinski definition) is 0. The van der Waals surface area contributed by atoms with Crippen molar-refractivity contribution in [1.29, 1.82) is 0 Å². The number of benzene rings is 1. The van der Waals surface area contributed by atoms with Crippen LogP contribution in [0.15, 0.2) is 24.3 Å². The van der Waals surface area contributed by atoms with Gasteiger partial charge in [0, 0.05) is 5.56 Å². The highest BCUT2D eigenvalue weighted by atomic mass is 16.1. The Morgan fingerprint density at radius 2 is 2.06 bits per heavy atom. The van der Waals surface area contributed by atoms with Crippen LogP contribution in [-0.4, -0.2) is 20.5 Å². The lowest BCUT2D eigenvalue weighted by Crippen LogP contribution is -2.01. The molecule has 0 aliphatic rings. The molecule has 0 amide bonds. The Labute approximate surface area is 93.9 Å². The molecule has 0 saturated heterocycles. The summed E-state index contributed by atoms with van der Waals surface area (Å²) >= 11 is 0. The molecule has 2 rings (SSSR count). The lowest BCUT2D eigenvalue weighted by molar-refractivity contribution is 0.101. The monoisotopic (exact) mass is 215 g/mol. The number of aryl methyl sites for hydroxylation is 2. The molecule has 82 valence electrons. The summed E-state index contributed by atoms with van der Waals surface area (Å²) in [7, 11) is 0. The first-order valence-electron chi connectivity index (χ1n) is 5.09. The number of aromatic nitrogens is 3. The van der Waals surface area contributed by atoms with Crippen LogP contribution < -0.4 is 0 Å². The third-order valence-corrected chi connectivity index (χ3v) is 2.37. The fourth-order valence-electron chi connectivity index (χ4n) is 1.62. The minimum absolute atomic E-state index is 0.0522. The van der Waals surface area contributed by atoms with Gasteiger partial charge in [-0.05, 0) is 32.9 Å². The standard InChI is InChI=1S/C12H13N3O/c1-8(16)11-5-4-6-12(7-11)15-10(3)13-9(2)14-15/h4-7H,1-3H3. The van der Waals surface area contributed by atoms with Crippen LogP contribution in [0, 0.1) is 13.8 Å². The Morgan fingerprint density at radius 1 is 1.31 bits per heavy atom. The fraction of sp³-hybridized carbons (Fsp3) is 0.250. The number of hydrogen-bond acceptors (Lipinski definition) is 3. The molecular formula is C12H13N3O. The molecule has 0 radical (unpaired) electrons. The van der Waals surface area contributed by atoms with Crippen molar-refractivity contribution < 1.29 is 4.79 Å². The fourth-order valence-corrected chi connectivity index (χ4v) is 1.62. The number of carbonyl (C=O) groups is 1. The van der Waals surface area contributed by atoms with Gasteiger partial charge in [-0.2, -0.15) is 5.10 Å². The Bertz CT molecular complexity index is 543. The molecule has 1 heterocycles. The van der Waals surface area contributed by atoms with Gasteiger partial charge in [-0.15, -0.1) is 0 Å². The molecule has 16 heavy (non-hydrogen) atoms. The van der Waals surface area contributed by atoms with Crippen LogP contribution >= 0.6 is 0 Å². The van der Waals surface area contributed by atoms with Crippen LogP contribution in [0.5, 0.6) is 0 Å². The Morgan fingerprint density at radius 3 is 2.62 bits per heavy atom. The van der Waals surface area contributed by atoms with Crippen molar-refractivity contribution in [1.82, 2.24) is 14.8 Å². The van der Waals surface area contributed by atoms with Crippen molar-refractivity contribution in [3.63, 3.8) is 0 Å². The van der Waals surface area contributed by atoms with Crippen molar-refractivity contribution >= 4 is 5.78 Å². The highest BCUT2D eigenvalue weighted by molar-refractivity contribution is 5.94. The van der Waals surface area contributed by atoms with Gasteiger partial charge in [0.05, 0.1) is 5.69 Å². The van der Waals surface area contributed by atoms with Crippen molar-refractivity contribution in [3.05, 3.63) is 41.5 Å². The first-order chi connectivity index (χ1) is 7.58. The summed E-state index contributed by atoms with van der Waals surface area (Å²) in [5, 5.41) is 4.28. The zero-order valence-corrected chi connectivity index (χ0v) is 9.56. The smallest absolute Gasteiger partial charge is 0.159 e. The van der Waals surface area contributed by atoms with Gasteiger partial charge >= 0.3 is 0 Å². The zero-order chi connectivity index (χ0) is 11.7. The Hall–Kier alpha value is -1.97. The molecule has 0 unspecified atom stereocenters. The minimum atomic E-state index is 0.0522. The quantitative estimate of drug-likeness (QED) is 0.721. The molecule has 4 nitrogen and oxygen atoms in total. The topological polar surface area (TPSA) is 47.8 Å². The second kappa shape index (κ2) is 3.89. The van der Waals surface area contributed by atoms with E-state index in [0.717, 1.165) is 17.3 Å². The maximum Gasteiger partial charge on any atom is 0.159 e. The molecule has 0 bridgehead atoms. The van der Waals surface area contributed by atoms with Crippen LogP contribution in [0.25, 0.3) is 5.69 Å². The summed E-state index contributed by atoms with van der Waals surface area (Å²) in [6.45, 7) is 5.29. The summed E-state index contributed by atoms with van der Waals surface area (Å²) in [5.74, 6) is 1.60. The molecule has 0 saturated carbocycles. The van der Waals surface area contributed by atoms with E-state index in [1.807, 2.05) is 32.0 Å². The van der Waals surface area contributed by atoms with Gasteiger partial charge in [0.2, 0.25) is 0 Å². The molecule has 0 N–H and O–H groups in total. The van der Waals surface area contributed by atoms with Gasteiger partial charge in [0.1, 0.15) is 11.6 Å². The Balaban J connectivity index is 2.52. The van der Waals surface area contributed by atoms with Crippen molar-refractivity contribution in [2.24, 2.45) is 0 Å². The van der Waals surface area contributed by atoms with E-state index in [1.54, 1.807) is 17.7 Å². The van der Waals surface area contributed by atoms with E-state index in [9.17, 15) is 4.79 Å². The van der Waals surface area contributed by atoms with Crippen molar-refractivity contribution in [3.8, 4) is 5.69 Å². The summed E-state index contributed by atoms with van der Waals surface area (Å²) < 4.78 is 1.74. The molecule has 2 aromatic rings. The molecule has 1 aromatic heterocycles. The molecule has 0 atom stereocenters. The van der Waals surface area contributed by atoms with Gasteiger partial charge in [-0.1, -0.05) is 12.1 Å². The normalized spacial score (nSPS) is 10.4. The molecule has 0 aliphatic heterocycles. The van der Waals surface area contributed by atoms with Gasteiger partial charge in [0.25, 0.3) is 0 Å². The third-order valence-electron chi connectivity index (χ3n) is 2.37. The average Bonchev–Trinajstić information content (AvgIpc) is 2.58. The van der Waals surface area contributed by atoms with Crippen molar-refractivity contribution in [2.75, 3.05) is 0 Å². The highest BCUT2D eigenvalue weighted by Crippen LogP contribution is 2.12. The van der Waals surface area contributed by atoms with E-state index in [0.29, 0.717) is 5.56 Å². The molecule has 0 spiro atoms. The summed E-state index contributed by atoms with van der Waals surface area (Å²) in [4.78, 5) is 15.5. The lowest BCUT2D eigenvalue weighted by atomic mass is 10.1. The van der Waals surface area contributed by atoms with Gasteiger partial charge in [-0.25, -0.2) is 9.67 Å². The van der Waals surface area contributed by atoms with Crippen LogP contribution in [-0.2, 0) is 0 Å². The highest BCUT2D eigenvalue weighted by Gasteiger charge is 2.06. The molecular weight excluding hydrogens is 202 g/mol. The summed E-state index contributed by atoms with van der Waals surface area (Å²) in [6, 6.07) is 7.38. The first kappa shape index (κ1) is 10.5. The number of ketones is 1. The first-order valence-corrected chi connectivity index (χ1v) is 5.09. The van der Waals surface area contributed by atoms with E-state index < -0.39 is 0 Å². The summed E-state index contributed by atoms with van der Waals surface area (Å²) in [5.41, 5.74) is 1.55. The van der Waals surface area contributed by atoms with E-state index in [-0.39, 0.29) is 5.78 Å². The van der Waals surface area contributed by atoms with Gasteiger partial charge in [0.15, 0.2) is 5.78 Å². The second-order valence-electron chi connectivity index (χ2n) is 3.72. The SMILES string of the molecule is CC(=O)c1cccc(-n2nc(C)nc2C)c1. The third kappa shape index (κ3) is 1.86. The predicted octanol–water partition coefficient (Wildman–Crippen LogP) is 2.09. The predicted molar refractivity (Wildman–Crippen MR) is 60.8 cm³/mol. The van der Waals surface area contributed by atoms with Crippen LogP contribution in [0.2, 0.25) is 0 Å². The van der Waals surface area contributed by atoms with E-state index in [1.165, 1.54) is 0 Å². The van der Waals surface area contributed by atoms with E-state index >= 15 is 0 Å². The van der Waals surface area contributed by atoms with Crippen molar-refractivity contribution in [2.45, 2.75) is 20.8 Å². The number of Topliss-reactive ketones (excluding diaryl/α,β-unsaturated/α-hetero) is 1. The van der Waals surface area contributed by atoms with Crippen LogP contribution in [0.4, 0.5) is 0 Å². The Kier molecular flexibility index (Phi) is 2.56. The molecule has 0 aliphatic carbocycles. The van der Waals surface area contributed by atoms with E-state index in [2.05, 4.69) is 10.1 Å². The van der Waals surface area contributed by atoms with Gasteiger partial charge < -0.3 is 0 Å². The average molecular weight is 215 g/mol. The van der Waals surface area contributed by atoms with Gasteiger partial charge in [-0.3, -0.25) is 4.79 Å². The molecule has 4 heteroatoms. The zero-order valence-electron chi connectivity index (χ0n) is 9.56. The van der Waals surface area contributed by atoms with Crippen LogP contribution in [0.3, 0.4) is 0 Å². The number of nitrogens with zero attached hydrogens (tertiary/aromatic N) is 3. The summed E-state index contributed by atoms with van der Waals surface area (Å²) in [6.07, 6.45) is 0. The van der Waals surface area contributed by atoms with Crippen LogP contribution in [0.1, 0.15) is 28.9 Å².